The third kappa shape index (κ3) is 7.95. The quantitative estimate of drug-likeness (QED) is 0.231. The SMILES string of the molecule is CCCc1cc(C)cc(CCC)c1N=Cc1cc(C)cc(C=Nc2c(CCC)cc(C)cc2CCC)n1. The van der Waals surface area contributed by atoms with Crippen molar-refractivity contribution in [2.75, 3.05) is 0 Å². The zero-order valence-corrected chi connectivity index (χ0v) is 24.1. The molecule has 1 aromatic heterocycles. The summed E-state index contributed by atoms with van der Waals surface area (Å²) in [7, 11) is 0. The van der Waals surface area contributed by atoms with Crippen LogP contribution in [-0.4, -0.2) is 17.4 Å². The predicted molar refractivity (Wildman–Crippen MR) is 162 cm³/mol. The minimum Gasteiger partial charge on any atom is -0.254 e. The maximum Gasteiger partial charge on any atom is 0.0823 e. The molecule has 0 unspecified atom stereocenters. The highest BCUT2D eigenvalue weighted by Gasteiger charge is 2.10. The van der Waals surface area contributed by atoms with Crippen LogP contribution in [0.25, 0.3) is 0 Å². The van der Waals surface area contributed by atoms with Crippen LogP contribution in [0, 0.1) is 20.8 Å². The van der Waals surface area contributed by atoms with Gasteiger partial charge in [-0.3, -0.25) is 9.98 Å². The molecule has 0 bridgehead atoms. The number of hydrogen-bond donors (Lipinski definition) is 0. The van der Waals surface area contributed by atoms with Crippen molar-refractivity contribution in [3.63, 3.8) is 0 Å². The first-order valence-electron chi connectivity index (χ1n) is 14.2. The van der Waals surface area contributed by atoms with E-state index in [9.17, 15) is 0 Å². The maximum absolute atomic E-state index is 5.01. The summed E-state index contributed by atoms with van der Waals surface area (Å²) in [4.78, 5) is 14.9. The lowest BCUT2D eigenvalue weighted by Gasteiger charge is -2.13. The normalized spacial score (nSPS) is 11.8. The van der Waals surface area contributed by atoms with Gasteiger partial charge >= 0.3 is 0 Å². The van der Waals surface area contributed by atoms with E-state index < -0.39 is 0 Å². The number of aliphatic imine (C=N–C) groups is 2. The molecule has 0 aliphatic rings. The number of hydrogen-bond acceptors (Lipinski definition) is 3. The summed E-state index contributed by atoms with van der Waals surface area (Å²) in [6.07, 6.45) is 12.5. The molecule has 1 heterocycles. The van der Waals surface area contributed by atoms with E-state index in [-0.39, 0.29) is 0 Å². The van der Waals surface area contributed by atoms with Gasteiger partial charge < -0.3 is 0 Å². The minimum absolute atomic E-state index is 0.874. The van der Waals surface area contributed by atoms with Gasteiger partial charge in [0.15, 0.2) is 0 Å². The van der Waals surface area contributed by atoms with Gasteiger partial charge in [-0.1, -0.05) is 88.8 Å². The molecule has 0 amide bonds. The molecule has 0 aliphatic heterocycles. The number of rotatable bonds is 12. The fraction of sp³-hybridized carbons (Fsp3) is 0.441. The summed E-state index contributed by atoms with van der Waals surface area (Å²) >= 11 is 0. The molecule has 3 rings (SSSR count). The van der Waals surface area contributed by atoms with Crippen molar-refractivity contribution in [1.82, 2.24) is 4.98 Å². The van der Waals surface area contributed by atoms with Crippen LogP contribution in [0.4, 0.5) is 11.4 Å². The van der Waals surface area contributed by atoms with Crippen molar-refractivity contribution in [3.05, 3.63) is 86.7 Å². The first-order chi connectivity index (χ1) is 17.9. The molecule has 0 aliphatic carbocycles. The summed E-state index contributed by atoms with van der Waals surface area (Å²) in [5, 5.41) is 0. The highest BCUT2D eigenvalue weighted by atomic mass is 14.8. The number of nitrogens with zero attached hydrogens (tertiary/aromatic N) is 3. The van der Waals surface area contributed by atoms with Crippen molar-refractivity contribution >= 4 is 23.8 Å². The summed E-state index contributed by atoms with van der Waals surface area (Å²) in [5.74, 6) is 0. The monoisotopic (exact) mass is 495 g/mol. The minimum atomic E-state index is 0.874. The third-order valence-corrected chi connectivity index (χ3v) is 6.56. The number of aryl methyl sites for hydroxylation is 7. The van der Waals surface area contributed by atoms with Gasteiger partial charge in [0, 0.05) is 0 Å². The predicted octanol–water partition coefficient (Wildman–Crippen LogP) is 9.32. The molecule has 0 spiro atoms. The highest BCUT2D eigenvalue weighted by Crippen LogP contribution is 2.30. The van der Waals surface area contributed by atoms with Crippen molar-refractivity contribution in [2.24, 2.45) is 9.98 Å². The van der Waals surface area contributed by atoms with Gasteiger partial charge in [-0.15, -0.1) is 0 Å². The van der Waals surface area contributed by atoms with Crippen molar-refractivity contribution in [2.45, 2.75) is 99.8 Å². The Labute approximate surface area is 225 Å². The Hall–Kier alpha value is -3.07. The van der Waals surface area contributed by atoms with Crippen LogP contribution >= 0.6 is 0 Å². The van der Waals surface area contributed by atoms with Crippen LogP contribution in [0.1, 0.15) is 104 Å². The van der Waals surface area contributed by atoms with Gasteiger partial charge in [-0.2, -0.15) is 0 Å². The largest absolute Gasteiger partial charge is 0.254 e. The fourth-order valence-corrected chi connectivity index (χ4v) is 5.16. The molecule has 0 atom stereocenters. The molecule has 0 saturated heterocycles. The van der Waals surface area contributed by atoms with Gasteiger partial charge in [-0.25, -0.2) is 4.98 Å². The Kier molecular flexibility index (Phi) is 10.8. The fourth-order valence-electron chi connectivity index (χ4n) is 5.16. The van der Waals surface area contributed by atoms with Crippen LogP contribution in [0.3, 0.4) is 0 Å². The Balaban J connectivity index is 1.99. The van der Waals surface area contributed by atoms with Crippen LogP contribution in [0.15, 0.2) is 46.4 Å². The third-order valence-electron chi connectivity index (χ3n) is 6.56. The van der Waals surface area contributed by atoms with Gasteiger partial charge in [0.1, 0.15) is 0 Å². The summed E-state index contributed by atoms with van der Waals surface area (Å²) in [5.41, 5.74) is 13.1. The molecule has 0 saturated carbocycles. The Morgan fingerprint density at radius 2 is 0.811 bits per heavy atom. The number of benzene rings is 2. The van der Waals surface area contributed by atoms with E-state index in [1.54, 1.807) is 0 Å². The average Bonchev–Trinajstić information content (AvgIpc) is 2.83. The van der Waals surface area contributed by atoms with Gasteiger partial charge in [-0.05, 0) is 86.4 Å². The average molecular weight is 496 g/mol. The van der Waals surface area contributed by atoms with E-state index >= 15 is 0 Å². The molecule has 3 heteroatoms. The molecule has 2 aromatic carbocycles. The number of pyridine rings is 1. The van der Waals surface area contributed by atoms with Crippen LogP contribution in [-0.2, 0) is 25.7 Å². The Morgan fingerprint density at radius 3 is 1.11 bits per heavy atom. The van der Waals surface area contributed by atoms with Crippen molar-refractivity contribution < 1.29 is 0 Å². The van der Waals surface area contributed by atoms with E-state index in [1.165, 1.54) is 33.4 Å². The molecular formula is C34H45N3. The zero-order valence-electron chi connectivity index (χ0n) is 24.1. The van der Waals surface area contributed by atoms with Gasteiger partial charge in [0.05, 0.1) is 35.2 Å². The molecule has 3 aromatic rings. The molecular weight excluding hydrogens is 450 g/mol. The smallest absolute Gasteiger partial charge is 0.0823 e. The van der Waals surface area contributed by atoms with Crippen LogP contribution < -0.4 is 0 Å². The zero-order chi connectivity index (χ0) is 26.8. The Bertz CT molecular complexity index is 1100. The van der Waals surface area contributed by atoms with E-state index in [1.807, 2.05) is 12.4 Å². The van der Waals surface area contributed by atoms with E-state index in [2.05, 4.69) is 84.9 Å². The number of aromatic nitrogens is 1. The van der Waals surface area contributed by atoms with Gasteiger partial charge in [0.2, 0.25) is 0 Å². The van der Waals surface area contributed by atoms with E-state index in [0.29, 0.717) is 0 Å². The second-order valence-electron chi connectivity index (χ2n) is 10.4. The lowest BCUT2D eigenvalue weighted by molar-refractivity contribution is 0.892. The molecule has 0 radical (unpaired) electrons. The first-order valence-corrected chi connectivity index (χ1v) is 14.2. The molecule has 0 fully saturated rings. The lowest BCUT2D eigenvalue weighted by Crippen LogP contribution is -1.98. The second-order valence-corrected chi connectivity index (χ2v) is 10.4. The standard InChI is InChI=1S/C34H45N3/c1-8-12-27-16-24(5)17-28(13-9-2)33(27)35-22-31-20-26(7)21-32(37-31)23-36-34-29(14-10-3)18-25(6)19-30(34)15-11-4/h16-23H,8-15H2,1-7H3. The van der Waals surface area contributed by atoms with Gasteiger partial charge in [0.25, 0.3) is 0 Å². The topological polar surface area (TPSA) is 37.6 Å². The molecule has 196 valence electrons. The first kappa shape index (κ1) is 28.5. The van der Waals surface area contributed by atoms with Crippen LogP contribution in [0.5, 0.6) is 0 Å². The maximum atomic E-state index is 5.01. The van der Waals surface area contributed by atoms with E-state index in [4.69, 9.17) is 15.0 Å². The van der Waals surface area contributed by atoms with E-state index in [0.717, 1.165) is 79.7 Å². The highest BCUT2D eigenvalue weighted by molar-refractivity contribution is 5.85. The summed E-state index contributed by atoms with van der Waals surface area (Å²) in [6, 6.07) is 13.4. The summed E-state index contributed by atoms with van der Waals surface area (Å²) in [6.45, 7) is 15.4. The molecule has 3 nitrogen and oxygen atoms in total. The Morgan fingerprint density at radius 1 is 0.514 bits per heavy atom. The summed E-state index contributed by atoms with van der Waals surface area (Å²) < 4.78 is 0. The second kappa shape index (κ2) is 14.0. The molecule has 37 heavy (non-hydrogen) atoms. The molecule has 0 N–H and O–H groups in total. The van der Waals surface area contributed by atoms with Crippen LogP contribution in [0.2, 0.25) is 0 Å². The lowest BCUT2D eigenvalue weighted by atomic mass is 9.97. The van der Waals surface area contributed by atoms with Crippen molar-refractivity contribution in [3.8, 4) is 0 Å². The van der Waals surface area contributed by atoms with Crippen molar-refractivity contribution in [1.29, 1.82) is 0 Å².